The average molecular weight is 709 g/mol. The van der Waals surface area contributed by atoms with Crippen LogP contribution in [0.2, 0.25) is 5.02 Å². The highest BCUT2D eigenvalue weighted by Gasteiger charge is 2.13. The van der Waals surface area contributed by atoms with E-state index in [9.17, 15) is 4.79 Å². The molecule has 0 aliphatic rings. The van der Waals surface area contributed by atoms with Crippen molar-refractivity contribution in [3.8, 4) is 22.8 Å². The number of para-hydroxylation sites is 1. The van der Waals surface area contributed by atoms with E-state index in [1.54, 1.807) is 18.3 Å². The van der Waals surface area contributed by atoms with Crippen LogP contribution in [-0.4, -0.2) is 23.7 Å². The highest BCUT2D eigenvalue weighted by Crippen LogP contribution is 2.35. The molecule has 0 aliphatic carbocycles. The normalized spacial score (nSPS) is 10.9. The zero-order chi connectivity index (χ0) is 29.3. The second-order valence-corrected chi connectivity index (χ2v) is 11.4. The Morgan fingerprint density at radius 2 is 1.83 bits per heavy atom. The molecule has 0 saturated carbocycles. The van der Waals surface area contributed by atoms with Gasteiger partial charge in [0.1, 0.15) is 6.61 Å². The molecule has 0 fully saturated rings. The third kappa shape index (κ3) is 7.87. The van der Waals surface area contributed by atoms with Gasteiger partial charge in [-0.3, -0.25) is 4.79 Å². The monoisotopic (exact) mass is 708 g/mol. The number of aromatic nitrogens is 1. The highest BCUT2D eigenvalue weighted by molar-refractivity contribution is 14.1. The topological polar surface area (TPSA) is 84.8 Å². The summed E-state index contributed by atoms with van der Waals surface area (Å²) in [6, 6.07) is 28.4. The number of thiazole rings is 1. The summed E-state index contributed by atoms with van der Waals surface area (Å²) >= 11 is 9.82. The average Bonchev–Trinajstić information content (AvgIpc) is 3.46. The summed E-state index contributed by atoms with van der Waals surface area (Å²) in [7, 11) is 0. The zero-order valence-electron chi connectivity index (χ0n) is 22.5. The van der Waals surface area contributed by atoms with Gasteiger partial charge >= 0.3 is 0 Å². The lowest BCUT2D eigenvalue weighted by molar-refractivity contribution is 0.0955. The van der Waals surface area contributed by atoms with Crippen molar-refractivity contribution in [2.75, 3.05) is 11.9 Å². The molecule has 42 heavy (non-hydrogen) atoms. The fourth-order valence-electron chi connectivity index (χ4n) is 3.98. The molecule has 1 aromatic heterocycles. The molecule has 2 N–H and O–H groups in total. The van der Waals surface area contributed by atoms with E-state index < -0.39 is 0 Å². The van der Waals surface area contributed by atoms with E-state index in [0.29, 0.717) is 35.3 Å². The number of hydrogen-bond acceptors (Lipinski definition) is 7. The minimum absolute atomic E-state index is 0.316. The molecule has 0 spiro atoms. The predicted molar refractivity (Wildman–Crippen MR) is 178 cm³/mol. The van der Waals surface area contributed by atoms with Crippen molar-refractivity contribution in [1.82, 2.24) is 10.4 Å². The van der Waals surface area contributed by atoms with Gasteiger partial charge in [-0.05, 0) is 89.2 Å². The lowest BCUT2D eigenvalue weighted by Crippen LogP contribution is -2.17. The molecule has 1 amide bonds. The van der Waals surface area contributed by atoms with Gasteiger partial charge < -0.3 is 14.8 Å². The van der Waals surface area contributed by atoms with Gasteiger partial charge in [0.05, 0.1) is 22.1 Å². The fraction of sp³-hybridized carbons (Fsp3) is 0.0938. The third-order valence-electron chi connectivity index (χ3n) is 5.96. The Bertz CT molecular complexity index is 1690. The van der Waals surface area contributed by atoms with Gasteiger partial charge in [-0.2, -0.15) is 5.10 Å². The first-order valence-corrected chi connectivity index (χ1v) is 15.4. The van der Waals surface area contributed by atoms with E-state index in [1.165, 1.54) is 11.3 Å². The summed E-state index contributed by atoms with van der Waals surface area (Å²) in [5, 5.41) is 10.9. The number of halogens is 2. The molecule has 5 rings (SSSR count). The van der Waals surface area contributed by atoms with Gasteiger partial charge in [0, 0.05) is 27.2 Å². The number of ether oxygens (including phenoxy) is 2. The van der Waals surface area contributed by atoms with Gasteiger partial charge in [-0.15, -0.1) is 11.3 Å². The Labute approximate surface area is 266 Å². The molecule has 0 saturated heterocycles. The first-order chi connectivity index (χ1) is 20.5. The number of nitrogens with one attached hydrogen (secondary N) is 2. The second kappa shape index (κ2) is 14.3. The first-order valence-electron chi connectivity index (χ1n) is 13.0. The van der Waals surface area contributed by atoms with Crippen LogP contribution in [0.3, 0.4) is 0 Å². The third-order valence-corrected chi connectivity index (χ3v) is 7.75. The summed E-state index contributed by atoms with van der Waals surface area (Å²) in [6.07, 6.45) is 1.58. The molecule has 0 bridgehead atoms. The smallest absolute Gasteiger partial charge is 0.271 e. The van der Waals surface area contributed by atoms with Gasteiger partial charge in [-0.1, -0.05) is 54.1 Å². The van der Waals surface area contributed by atoms with Gasteiger partial charge in [0.25, 0.3) is 5.91 Å². The molecule has 0 aliphatic heterocycles. The first kappa shape index (κ1) is 29.6. The number of nitrogens with zero attached hydrogens (tertiary/aromatic N) is 2. The Morgan fingerprint density at radius 1 is 1.02 bits per heavy atom. The Balaban J connectivity index is 1.20. The number of amides is 1. The maximum atomic E-state index is 12.7. The van der Waals surface area contributed by atoms with Crippen molar-refractivity contribution in [3.63, 3.8) is 0 Å². The summed E-state index contributed by atoms with van der Waals surface area (Å²) in [4.78, 5) is 17.4. The quantitative estimate of drug-likeness (QED) is 0.0817. The molecular formula is C32H26ClIN4O3S. The number of carbonyl (C=O) groups excluding carboxylic acids is 1. The SMILES string of the molecule is CCOc1cc(/C=N\NC(=O)c2ccc(-c3csc(Nc4ccccc4)n3)cc2)cc(I)c1OCc1cccc(Cl)c1. The van der Waals surface area contributed by atoms with E-state index in [-0.39, 0.29) is 5.91 Å². The summed E-state index contributed by atoms with van der Waals surface area (Å²) < 4.78 is 12.8. The van der Waals surface area contributed by atoms with Crippen molar-refractivity contribution in [2.45, 2.75) is 13.5 Å². The van der Waals surface area contributed by atoms with Crippen molar-refractivity contribution >= 4 is 68.5 Å². The van der Waals surface area contributed by atoms with Crippen molar-refractivity contribution in [1.29, 1.82) is 0 Å². The Morgan fingerprint density at radius 3 is 2.60 bits per heavy atom. The maximum Gasteiger partial charge on any atom is 0.271 e. The van der Waals surface area contributed by atoms with Crippen LogP contribution in [0.15, 0.2) is 101 Å². The van der Waals surface area contributed by atoms with E-state index in [4.69, 9.17) is 21.1 Å². The standard InChI is InChI=1S/C32H26ClIN4O3S/c1-2-40-29-17-22(16-27(34)30(29)41-19-21-7-6-8-25(33)15-21)18-35-38-31(39)24-13-11-23(12-14-24)28-20-42-32(37-28)36-26-9-4-3-5-10-26/h3-18,20H,2,19H2,1H3,(H,36,37)(H,38,39)/b35-18-. The molecule has 7 nitrogen and oxygen atoms in total. The molecule has 0 radical (unpaired) electrons. The van der Waals surface area contributed by atoms with Crippen molar-refractivity contribution in [3.05, 3.63) is 122 Å². The highest BCUT2D eigenvalue weighted by atomic mass is 127. The minimum Gasteiger partial charge on any atom is -0.490 e. The van der Waals surface area contributed by atoms with Crippen LogP contribution >= 0.6 is 45.5 Å². The fourth-order valence-corrected chi connectivity index (χ4v) is 5.71. The van der Waals surface area contributed by atoms with Crippen LogP contribution in [0.1, 0.15) is 28.4 Å². The number of anilines is 2. The molecule has 0 atom stereocenters. The number of hydrogen-bond donors (Lipinski definition) is 2. The van der Waals surface area contributed by atoms with Crippen LogP contribution in [0.5, 0.6) is 11.5 Å². The molecule has 4 aromatic carbocycles. The number of hydrazone groups is 1. The second-order valence-electron chi connectivity index (χ2n) is 8.99. The lowest BCUT2D eigenvalue weighted by atomic mass is 10.1. The maximum absolute atomic E-state index is 12.7. The van der Waals surface area contributed by atoms with Crippen LogP contribution in [-0.2, 0) is 6.61 Å². The van der Waals surface area contributed by atoms with Gasteiger partial charge in [-0.25, -0.2) is 10.4 Å². The van der Waals surface area contributed by atoms with Crippen molar-refractivity contribution in [2.24, 2.45) is 5.10 Å². The molecular weight excluding hydrogens is 683 g/mol. The molecule has 212 valence electrons. The van der Waals surface area contributed by atoms with Crippen LogP contribution < -0.4 is 20.2 Å². The summed E-state index contributed by atoms with van der Waals surface area (Å²) in [5.74, 6) is 0.921. The minimum atomic E-state index is -0.316. The summed E-state index contributed by atoms with van der Waals surface area (Å²) in [6.45, 7) is 2.74. The van der Waals surface area contributed by atoms with Crippen molar-refractivity contribution < 1.29 is 14.3 Å². The van der Waals surface area contributed by atoms with Gasteiger partial charge in [0.2, 0.25) is 0 Å². The summed E-state index contributed by atoms with van der Waals surface area (Å²) in [5.41, 5.74) is 7.54. The largest absolute Gasteiger partial charge is 0.490 e. The van der Waals surface area contributed by atoms with E-state index in [2.05, 4.69) is 43.4 Å². The number of rotatable bonds is 11. The Hall–Kier alpha value is -3.93. The lowest BCUT2D eigenvalue weighted by Gasteiger charge is -2.15. The van der Waals surface area contributed by atoms with E-state index in [1.807, 2.05) is 91.2 Å². The van der Waals surface area contributed by atoms with E-state index in [0.717, 1.165) is 36.8 Å². The molecule has 10 heteroatoms. The predicted octanol–water partition coefficient (Wildman–Crippen LogP) is 8.55. The van der Waals surface area contributed by atoms with Crippen LogP contribution in [0, 0.1) is 3.57 Å². The van der Waals surface area contributed by atoms with Gasteiger partial charge in [0.15, 0.2) is 16.6 Å². The number of benzene rings is 4. The zero-order valence-corrected chi connectivity index (χ0v) is 26.2. The Kier molecular flexibility index (Phi) is 10.1. The molecule has 1 heterocycles. The molecule has 5 aromatic rings. The molecule has 0 unspecified atom stereocenters. The van der Waals surface area contributed by atoms with Crippen LogP contribution in [0.25, 0.3) is 11.3 Å². The number of carbonyl (C=O) groups is 1. The van der Waals surface area contributed by atoms with E-state index >= 15 is 0 Å². The van der Waals surface area contributed by atoms with Crippen LogP contribution in [0.4, 0.5) is 10.8 Å².